The van der Waals surface area contributed by atoms with Crippen LogP contribution >= 0.6 is 0 Å². The summed E-state index contributed by atoms with van der Waals surface area (Å²) in [4.78, 5) is 34.4. The summed E-state index contributed by atoms with van der Waals surface area (Å²) >= 11 is 0. The molecule has 6 nitrogen and oxygen atoms in total. The van der Waals surface area contributed by atoms with Gasteiger partial charge in [-0.1, -0.05) is 36.4 Å². The van der Waals surface area contributed by atoms with Gasteiger partial charge in [-0.2, -0.15) is 0 Å². The van der Waals surface area contributed by atoms with E-state index in [9.17, 15) is 14.4 Å². The molecule has 23 heavy (non-hydrogen) atoms. The zero-order valence-corrected chi connectivity index (χ0v) is 12.9. The van der Waals surface area contributed by atoms with Gasteiger partial charge in [0.25, 0.3) is 0 Å². The van der Waals surface area contributed by atoms with Crippen molar-refractivity contribution in [1.82, 2.24) is 0 Å². The van der Waals surface area contributed by atoms with Gasteiger partial charge in [0.2, 0.25) is 0 Å². The van der Waals surface area contributed by atoms with Crippen LogP contribution in [-0.2, 0) is 28.6 Å². The highest BCUT2D eigenvalue weighted by atomic mass is 16.6. The quantitative estimate of drug-likeness (QED) is 0.611. The molecule has 1 aliphatic rings. The van der Waals surface area contributed by atoms with Crippen LogP contribution in [0.1, 0.15) is 31.9 Å². The third kappa shape index (κ3) is 4.67. The summed E-state index contributed by atoms with van der Waals surface area (Å²) in [5, 5.41) is 0. The summed E-state index contributed by atoms with van der Waals surface area (Å²) in [5.41, 5.74) is 0.652. The van der Waals surface area contributed by atoms with Gasteiger partial charge in [-0.05, 0) is 5.56 Å². The Kier molecular flexibility index (Phi) is 5.51. The smallest absolute Gasteiger partial charge is 0.330 e. The van der Waals surface area contributed by atoms with Crippen molar-refractivity contribution in [2.24, 2.45) is 0 Å². The third-order valence-electron chi connectivity index (χ3n) is 3.28. The van der Waals surface area contributed by atoms with E-state index < -0.39 is 36.2 Å². The number of esters is 3. The fraction of sp³-hybridized carbons (Fsp3) is 0.353. The van der Waals surface area contributed by atoms with Crippen molar-refractivity contribution in [2.75, 3.05) is 0 Å². The van der Waals surface area contributed by atoms with Crippen LogP contribution in [0.5, 0.6) is 0 Å². The van der Waals surface area contributed by atoms with E-state index in [4.69, 9.17) is 14.2 Å². The van der Waals surface area contributed by atoms with Crippen molar-refractivity contribution >= 4 is 17.9 Å². The predicted octanol–water partition coefficient (Wildman–Crippen LogP) is 2.09. The Morgan fingerprint density at radius 2 is 1.78 bits per heavy atom. The highest BCUT2D eigenvalue weighted by molar-refractivity contribution is 5.82. The minimum Gasteiger partial charge on any atom is -0.455 e. The summed E-state index contributed by atoms with van der Waals surface area (Å²) in [6, 6.07) is 8.89. The Labute approximate surface area is 134 Å². The Bertz CT molecular complexity index is 607. The molecule has 0 bridgehead atoms. The zero-order chi connectivity index (χ0) is 16.8. The second-order valence-corrected chi connectivity index (χ2v) is 5.13. The number of hydrogen-bond donors (Lipinski definition) is 0. The lowest BCUT2D eigenvalue weighted by Gasteiger charge is -2.32. The fourth-order valence-corrected chi connectivity index (χ4v) is 2.41. The van der Waals surface area contributed by atoms with Crippen LogP contribution in [0, 0.1) is 0 Å². The van der Waals surface area contributed by atoms with Crippen LogP contribution in [0.15, 0.2) is 42.5 Å². The summed E-state index contributed by atoms with van der Waals surface area (Å²) in [6.07, 6.45) is 0.817. The number of rotatable bonds is 5. The Morgan fingerprint density at radius 1 is 1.13 bits per heavy atom. The van der Waals surface area contributed by atoms with Gasteiger partial charge in [-0.3, -0.25) is 9.59 Å². The molecule has 0 aromatic heterocycles. The average molecular weight is 318 g/mol. The van der Waals surface area contributed by atoms with Crippen LogP contribution in [0.4, 0.5) is 0 Å². The van der Waals surface area contributed by atoms with E-state index >= 15 is 0 Å². The molecule has 1 aliphatic heterocycles. The monoisotopic (exact) mass is 318 g/mol. The van der Waals surface area contributed by atoms with E-state index in [0.29, 0.717) is 12.0 Å². The van der Waals surface area contributed by atoms with Crippen molar-refractivity contribution < 1.29 is 28.6 Å². The van der Waals surface area contributed by atoms with Crippen LogP contribution in [0.2, 0.25) is 0 Å². The van der Waals surface area contributed by atoms with Crippen molar-refractivity contribution in [2.45, 2.75) is 38.6 Å². The maximum atomic E-state index is 11.5. The van der Waals surface area contributed by atoms with Crippen molar-refractivity contribution in [3.05, 3.63) is 48.0 Å². The number of ether oxygens (including phenoxy) is 3. The lowest BCUT2D eigenvalue weighted by atomic mass is 9.97. The van der Waals surface area contributed by atoms with E-state index in [1.165, 1.54) is 19.9 Å². The van der Waals surface area contributed by atoms with Crippen LogP contribution in [0.3, 0.4) is 0 Å². The van der Waals surface area contributed by atoms with Gasteiger partial charge in [0.15, 0.2) is 12.2 Å². The molecule has 0 amide bonds. The molecule has 1 aromatic carbocycles. The molecule has 1 heterocycles. The van der Waals surface area contributed by atoms with E-state index in [-0.39, 0.29) is 0 Å². The van der Waals surface area contributed by atoms with E-state index in [2.05, 4.69) is 0 Å². The number of carbonyl (C=O) groups is 3. The lowest BCUT2D eigenvalue weighted by Crippen LogP contribution is -2.41. The standard InChI is InChI=1S/C17H18O6/c1-11(18)21-16(13-7-4-3-5-8-13)17(22-12(2)19)14-9-6-10-15(20)23-14/h3-8,10,14,16-17H,9H2,1-2H3/t14-,16-,17-/m1/s1. The molecule has 2 rings (SSSR count). The summed E-state index contributed by atoms with van der Waals surface area (Å²) < 4.78 is 15.9. The molecule has 0 saturated carbocycles. The molecule has 0 unspecified atom stereocenters. The minimum atomic E-state index is -0.923. The minimum absolute atomic E-state index is 0.369. The van der Waals surface area contributed by atoms with Crippen molar-refractivity contribution in [1.29, 1.82) is 0 Å². The third-order valence-corrected chi connectivity index (χ3v) is 3.28. The fourth-order valence-electron chi connectivity index (χ4n) is 2.41. The van der Waals surface area contributed by atoms with Gasteiger partial charge in [-0.25, -0.2) is 4.79 Å². The summed E-state index contributed by atoms with van der Waals surface area (Å²) in [5.74, 6) is -1.59. The number of carbonyl (C=O) groups excluding carboxylic acids is 3. The molecular weight excluding hydrogens is 300 g/mol. The van der Waals surface area contributed by atoms with Crippen molar-refractivity contribution in [3.8, 4) is 0 Å². The summed E-state index contributed by atoms with van der Waals surface area (Å²) in [7, 11) is 0. The molecule has 3 atom stereocenters. The van der Waals surface area contributed by atoms with E-state index in [1.54, 1.807) is 30.3 Å². The molecule has 0 aliphatic carbocycles. The average Bonchev–Trinajstić information content (AvgIpc) is 2.51. The van der Waals surface area contributed by atoms with E-state index in [1.807, 2.05) is 6.07 Å². The second-order valence-electron chi connectivity index (χ2n) is 5.13. The van der Waals surface area contributed by atoms with Gasteiger partial charge in [0.1, 0.15) is 6.10 Å². The van der Waals surface area contributed by atoms with Crippen molar-refractivity contribution in [3.63, 3.8) is 0 Å². The Hall–Kier alpha value is -2.63. The molecule has 0 N–H and O–H groups in total. The molecule has 0 spiro atoms. The van der Waals surface area contributed by atoms with Gasteiger partial charge in [0, 0.05) is 26.3 Å². The largest absolute Gasteiger partial charge is 0.455 e. The molecule has 0 fully saturated rings. The first-order chi connectivity index (χ1) is 11.0. The normalized spacial score (nSPS) is 19.4. The van der Waals surface area contributed by atoms with E-state index in [0.717, 1.165) is 0 Å². The first-order valence-electron chi connectivity index (χ1n) is 7.24. The highest BCUT2D eigenvalue weighted by Gasteiger charge is 2.38. The van der Waals surface area contributed by atoms with Crippen LogP contribution < -0.4 is 0 Å². The molecular formula is C17H18O6. The first kappa shape index (κ1) is 16.7. The topological polar surface area (TPSA) is 78.9 Å². The van der Waals surface area contributed by atoms with Gasteiger partial charge in [-0.15, -0.1) is 0 Å². The molecule has 0 saturated heterocycles. The molecule has 122 valence electrons. The van der Waals surface area contributed by atoms with Gasteiger partial charge < -0.3 is 14.2 Å². The summed E-state index contributed by atoms with van der Waals surface area (Å²) in [6.45, 7) is 2.52. The number of benzene rings is 1. The van der Waals surface area contributed by atoms with Gasteiger partial charge >= 0.3 is 17.9 Å². The number of cyclic esters (lactones) is 1. The second kappa shape index (κ2) is 7.58. The first-order valence-corrected chi connectivity index (χ1v) is 7.24. The Morgan fingerprint density at radius 3 is 2.35 bits per heavy atom. The maximum Gasteiger partial charge on any atom is 0.330 e. The molecule has 6 heteroatoms. The molecule has 0 radical (unpaired) electrons. The predicted molar refractivity (Wildman–Crippen MR) is 80.1 cm³/mol. The number of hydrogen-bond acceptors (Lipinski definition) is 6. The Balaban J connectivity index is 2.35. The highest BCUT2D eigenvalue weighted by Crippen LogP contribution is 2.30. The molecule has 1 aromatic rings. The van der Waals surface area contributed by atoms with Crippen LogP contribution in [0.25, 0.3) is 0 Å². The SMILES string of the molecule is CC(=O)O[C@@H]([C@H](OC(C)=O)c1ccccc1)[C@H]1CC=CC(=O)O1. The lowest BCUT2D eigenvalue weighted by molar-refractivity contribution is -0.183. The zero-order valence-electron chi connectivity index (χ0n) is 12.9. The maximum absolute atomic E-state index is 11.5. The van der Waals surface area contributed by atoms with Crippen LogP contribution in [-0.4, -0.2) is 30.1 Å². The van der Waals surface area contributed by atoms with Gasteiger partial charge in [0.05, 0.1) is 0 Å².